The Morgan fingerprint density at radius 3 is 2.33 bits per heavy atom. The van der Waals surface area contributed by atoms with Crippen LogP contribution in [0.15, 0.2) is 75.7 Å². The van der Waals surface area contributed by atoms with Gasteiger partial charge in [0.2, 0.25) is 0 Å². The zero-order chi connectivity index (χ0) is 23.5. The largest absolute Gasteiger partial charge is 0.395 e. The van der Waals surface area contributed by atoms with Gasteiger partial charge in [0.15, 0.2) is 5.78 Å². The van der Waals surface area contributed by atoms with Crippen molar-refractivity contribution >= 4 is 37.6 Å². The maximum absolute atomic E-state index is 14.7. The smallest absolute Gasteiger partial charge is 0.168 e. The number of rotatable bonds is 6. The first-order valence-corrected chi connectivity index (χ1v) is 12.6. The molecular weight excluding hydrogens is 549 g/mol. The van der Waals surface area contributed by atoms with E-state index in [1.807, 2.05) is 48.5 Å². The second kappa shape index (κ2) is 10.6. The predicted molar refractivity (Wildman–Crippen MR) is 136 cm³/mol. The van der Waals surface area contributed by atoms with E-state index in [9.17, 15) is 14.3 Å². The van der Waals surface area contributed by atoms with Crippen LogP contribution in [0.25, 0.3) is 0 Å². The topological polar surface area (TPSA) is 40.5 Å². The highest BCUT2D eigenvalue weighted by molar-refractivity contribution is 9.10. The summed E-state index contributed by atoms with van der Waals surface area (Å²) in [6.45, 7) is 3.46. The van der Waals surface area contributed by atoms with Gasteiger partial charge in [0.25, 0.3) is 0 Å². The van der Waals surface area contributed by atoms with E-state index in [2.05, 4.69) is 42.8 Å². The van der Waals surface area contributed by atoms with Crippen LogP contribution in [0, 0.1) is 18.7 Å². The number of aliphatic hydroxyl groups excluding tert-OH is 1. The third kappa shape index (κ3) is 4.99. The molecule has 0 amide bonds. The number of hydrogen-bond donors (Lipinski definition) is 1. The summed E-state index contributed by atoms with van der Waals surface area (Å²) in [5, 5.41) is 9.69. The van der Waals surface area contributed by atoms with Gasteiger partial charge in [-0.15, -0.1) is 0 Å². The number of aliphatic hydroxyl groups is 1. The van der Waals surface area contributed by atoms with Crippen LogP contribution in [0.3, 0.4) is 0 Å². The standard InChI is InChI=1S/C27H26Br2FNO2/c1-17-18(9-6-12-25(17)30)26-21(19-7-2-4-10-23(19)28)15-31(13-14-32)16-22(26)27(33)20-8-3-5-11-24(20)29/h2-12,21-22,26,32H,13-16H2,1H3/t21-,22+,26-/m1/s1. The summed E-state index contributed by atoms with van der Waals surface area (Å²) in [5.41, 5.74) is 3.15. The molecule has 0 unspecified atom stereocenters. The van der Waals surface area contributed by atoms with E-state index in [0.29, 0.717) is 30.8 Å². The van der Waals surface area contributed by atoms with Crippen LogP contribution < -0.4 is 0 Å². The molecule has 0 bridgehead atoms. The maximum Gasteiger partial charge on any atom is 0.168 e. The lowest BCUT2D eigenvalue weighted by molar-refractivity contribution is 0.0699. The van der Waals surface area contributed by atoms with Gasteiger partial charge in [-0.3, -0.25) is 9.69 Å². The van der Waals surface area contributed by atoms with Gasteiger partial charge in [0.1, 0.15) is 5.82 Å². The summed E-state index contributed by atoms with van der Waals surface area (Å²) >= 11 is 7.24. The molecule has 0 saturated carbocycles. The Kier molecular flexibility index (Phi) is 7.80. The van der Waals surface area contributed by atoms with Gasteiger partial charge in [0.05, 0.1) is 6.61 Å². The molecule has 1 aliphatic rings. The number of hydrogen-bond acceptors (Lipinski definition) is 3. The van der Waals surface area contributed by atoms with Gasteiger partial charge >= 0.3 is 0 Å². The number of likely N-dealkylation sites (tertiary alicyclic amines) is 1. The van der Waals surface area contributed by atoms with Crippen LogP contribution in [0.2, 0.25) is 0 Å². The molecule has 0 radical (unpaired) electrons. The fraction of sp³-hybridized carbons (Fsp3) is 0.296. The quantitative estimate of drug-likeness (QED) is 0.350. The number of nitrogens with zero attached hydrogens (tertiary/aromatic N) is 1. The highest BCUT2D eigenvalue weighted by Gasteiger charge is 2.43. The van der Waals surface area contributed by atoms with Crippen molar-refractivity contribution in [3.05, 3.63) is 104 Å². The van der Waals surface area contributed by atoms with E-state index in [-0.39, 0.29) is 30.0 Å². The number of carbonyl (C=O) groups excluding carboxylic acids is 1. The molecule has 172 valence electrons. The summed E-state index contributed by atoms with van der Waals surface area (Å²) in [7, 11) is 0. The zero-order valence-corrected chi connectivity index (χ0v) is 21.5. The third-order valence-electron chi connectivity index (χ3n) is 6.64. The van der Waals surface area contributed by atoms with E-state index in [1.165, 1.54) is 6.07 Å². The van der Waals surface area contributed by atoms with Crippen molar-refractivity contribution in [1.82, 2.24) is 4.90 Å². The molecule has 1 N–H and O–H groups in total. The Morgan fingerprint density at radius 1 is 0.970 bits per heavy atom. The van der Waals surface area contributed by atoms with Crippen LogP contribution in [0.5, 0.6) is 0 Å². The van der Waals surface area contributed by atoms with Crippen LogP contribution in [0.1, 0.15) is 38.9 Å². The highest BCUT2D eigenvalue weighted by atomic mass is 79.9. The first kappa shape index (κ1) is 24.3. The minimum atomic E-state index is -0.401. The van der Waals surface area contributed by atoms with Crippen molar-refractivity contribution in [1.29, 1.82) is 0 Å². The Morgan fingerprint density at radius 2 is 1.64 bits per heavy atom. The molecule has 33 heavy (non-hydrogen) atoms. The monoisotopic (exact) mass is 573 g/mol. The van der Waals surface area contributed by atoms with Gasteiger partial charge in [-0.1, -0.05) is 80.4 Å². The zero-order valence-electron chi connectivity index (χ0n) is 18.3. The molecule has 0 aromatic heterocycles. The van der Waals surface area contributed by atoms with Crippen molar-refractivity contribution in [2.75, 3.05) is 26.2 Å². The van der Waals surface area contributed by atoms with Crippen molar-refractivity contribution in [2.45, 2.75) is 18.8 Å². The SMILES string of the molecule is Cc1c(F)cccc1[C@H]1[C@@H](C(=O)c2ccccc2Br)CN(CCO)C[C@@H]1c1ccccc1Br. The van der Waals surface area contributed by atoms with Crippen molar-refractivity contribution in [3.63, 3.8) is 0 Å². The number of halogens is 3. The lowest BCUT2D eigenvalue weighted by atomic mass is 9.68. The number of benzene rings is 3. The van der Waals surface area contributed by atoms with E-state index in [0.717, 1.165) is 20.1 Å². The maximum atomic E-state index is 14.7. The highest BCUT2D eigenvalue weighted by Crippen LogP contribution is 2.47. The molecule has 3 nitrogen and oxygen atoms in total. The summed E-state index contributed by atoms with van der Waals surface area (Å²) < 4.78 is 16.4. The lowest BCUT2D eigenvalue weighted by Crippen LogP contribution is -2.48. The molecule has 0 aliphatic carbocycles. The molecule has 3 atom stereocenters. The molecule has 6 heteroatoms. The van der Waals surface area contributed by atoms with Gasteiger partial charge in [-0.05, 0) is 41.8 Å². The summed E-state index contributed by atoms with van der Waals surface area (Å²) in [6.07, 6.45) is 0. The second-order valence-corrected chi connectivity index (χ2v) is 10.3. The van der Waals surface area contributed by atoms with Gasteiger partial charge < -0.3 is 5.11 Å². The first-order valence-electron chi connectivity index (χ1n) is 11.0. The van der Waals surface area contributed by atoms with Crippen molar-refractivity contribution in [2.24, 2.45) is 5.92 Å². The number of carbonyl (C=O) groups is 1. The predicted octanol–water partition coefficient (Wildman–Crippen LogP) is 6.33. The van der Waals surface area contributed by atoms with Crippen LogP contribution in [-0.2, 0) is 0 Å². The molecule has 1 heterocycles. The van der Waals surface area contributed by atoms with E-state index in [1.54, 1.807) is 13.0 Å². The summed E-state index contributed by atoms with van der Waals surface area (Å²) in [5.74, 6) is -0.910. The molecule has 1 saturated heterocycles. The Bertz CT molecular complexity index is 1150. The molecule has 3 aromatic carbocycles. The minimum absolute atomic E-state index is 0.0162. The number of β-amino-alcohol motifs (C(OH)–C–C–N with tert-alkyl or cyclic N) is 1. The molecule has 1 fully saturated rings. The average molecular weight is 575 g/mol. The normalized spacial score (nSPS) is 21.2. The lowest BCUT2D eigenvalue weighted by Gasteiger charge is -2.44. The van der Waals surface area contributed by atoms with Gasteiger partial charge in [0, 0.05) is 51.9 Å². The first-order chi connectivity index (χ1) is 15.9. The van der Waals surface area contributed by atoms with E-state index < -0.39 is 5.92 Å². The number of Topliss-reactive ketones (excluding diaryl/α,β-unsaturated/α-hetero) is 1. The molecule has 1 aliphatic heterocycles. The molecule has 0 spiro atoms. The molecule has 4 rings (SSSR count). The fourth-order valence-corrected chi connectivity index (χ4v) is 6.11. The van der Waals surface area contributed by atoms with E-state index in [4.69, 9.17) is 0 Å². The third-order valence-corrected chi connectivity index (χ3v) is 8.06. The summed E-state index contributed by atoms with van der Waals surface area (Å²) in [4.78, 5) is 16.1. The second-order valence-electron chi connectivity index (χ2n) is 8.54. The Labute approximate surface area is 210 Å². The number of ketones is 1. The van der Waals surface area contributed by atoms with Crippen molar-refractivity contribution < 1.29 is 14.3 Å². The van der Waals surface area contributed by atoms with Gasteiger partial charge in [-0.2, -0.15) is 0 Å². The fourth-order valence-electron chi connectivity index (χ4n) is 5.06. The van der Waals surface area contributed by atoms with Crippen LogP contribution >= 0.6 is 31.9 Å². The van der Waals surface area contributed by atoms with Crippen molar-refractivity contribution in [3.8, 4) is 0 Å². The Balaban J connectivity index is 1.90. The Hall–Kier alpha value is -1.86. The summed E-state index contributed by atoms with van der Waals surface area (Å²) in [6, 6.07) is 20.6. The van der Waals surface area contributed by atoms with Gasteiger partial charge in [-0.25, -0.2) is 4.39 Å². The average Bonchev–Trinajstić information content (AvgIpc) is 2.81. The van der Waals surface area contributed by atoms with E-state index >= 15 is 0 Å². The minimum Gasteiger partial charge on any atom is -0.395 e. The van der Waals surface area contributed by atoms with Crippen LogP contribution in [0.4, 0.5) is 4.39 Å². The molecular formula is C27H26Br2FNO2. The van der Waals surface area contributed by atoms with Crippen LogP contribution in [-0.4, -0.2) is 42.0 Å². The number of piperidine rings is 1. The molecule has 3 aromatic rings.